The number of nitrogens with zero attached hydrogens (tertiary/aromatic N) is 10. The van der Waals surface area contributed by atoms with E-state index in [0.717, 1.165) is 40.2 Å². The van der Waals surface area contributed by atoms with E-state index in [2.05, 4.69) is 61.7 Å². The normalized spacial score (nSPS) is 16.2. The van der Waals surface area contributed by atoms with Crippen molar-refractivity contribution in [1.82, 2.24) is 60.7 Å². The average molecular weight is 1100 g/mol. The number of β-amino-alcohol motifs (C(OH)–C–C–N with tert-alkyl or cyclic N) is 1. The zero-order valence-corrected chi connectivity index (χ0v) is 46.9. The molecule has 0 bridgehead atoms. The molecule has 2 fully saturated rings. The quantitative estimate of drug-likeness (QED) is 0.0431. The third-order valence-electron chi connectivity index (χ3n) is 14.2. The molecule has 23 heteroatoms. The number of anilines is 5. The number of aromatic nitrogens is 7. The lowest BCUT2D eigenvalue weighted by atomic mass is 9.85. The second-order valence-electron chi connectivity index (χ2n) is 21.0. The molecular formula is C56H71N15O7S. The van der Waals surface area contributed by atoms with Crippen molar-refractivity contribution in [2.24, 2.45) is 12.5 Å². The van der Waals surface area contributed by atoms with Gasteiger partial charge in [-0.1, -0.05) is 63.9 Å². The number of aliphatic hydroxyl groups is 1. The molecule has 2 unspecified atom stereocenters. The highest BCUT2D eigenvalue weighted by atomic mass is 32.1. The van der Waals surface area contributed by atoms with Crippen LogP contribution in [0.15, 0.2) is 78.7 Å². The highest BCUT2D eigenvalue weighted by Gasteiger charge is 2.44. The molecule has 0 radical (unpaired) electrons. The number of rotatable bonds is 21. The summed E-state index contributed by atoms with van der Waals surface area (Å²) in [4.78, 5) is 87.2. The molecule has 0 saturated carbocycles. The van der Waals surface area contributed by atoms with Gasteiger partial charge in [0.15, 0.2) is 23.1 Å². The van der Waals surface area contributed by atoms with Crippen molar-refractivity contribution in [1.29, 1.82) is 0 Å². The number of benzene rings is 2. The Morgan fingerprint density at radius 1 is 0.861 bits per heavy atom. The zero-order chi connectivity index (χ0) is 56.4. The van der Waals surface area contributed by atoms with Crippen molar-refractivity contribution in [2.75, 3.05) is 62.4 Å². The van der Waals surface area contributed by atoms with Crippen LogP contribution in [0.4, 0.5) is 28.7 Å². The van der Waals surface area contributed by atoms with Crippen LogP contribution in [-0.4, -0.2) is 144 Å². The van der Waals surface area contributed by atoms with Crippen molar-refractivity contribution in [3.05, 3.63) is 95.6 Å². The Kier molecular flexibility index (Phi) is 18.5. The van der Waals surface area contributed by atoms with Crippen LogP contribution in [0.3, 0.4) is 0 Å². The topological polar surface area (TPSA) is 267 Å². The summed E-state index contributed by atoms with van der Waals surface area (Å²) >= 11 is 1.57. The molecule has 6 N–H and O–H groups in total. The van der Waals surface area contributed by atoms with E-state index in [9.17, 15) is 29.1 Å². The highest BCUT2D eigenvalue weighted by molar-refractivity contribution is 7.13. The summed E-state index contributed by atoms with van der Waals surface area (Å²) in [6, 6.07) is 16.7. The number of likely N-dealkylation sites (tertiary alicyclic amines) is 1. The number of aliphatic hydroxyl groups excluding tert-OH is 1. The van der Waals surface area contributed by atoms with E-state index < -0.39 is 35.4 Å². The van der Waals surface area contributed by atoms with Crippen molar-refractivity contribution in [3.8, 4) is 27.6 Å². The molecule has 4 atom stereocenters. The first-order valence-corrected chi connectivity index (χ1v) is 27.5. The molecule has 6 heterocycles. The monoisotopic (exact) mass is 1100 g/mol. The van der Waals surface area contributed by atoms with Crippen LogP contribution in [0.5, 0.6) is 5.75 Å². The maximum absolute atomic E-state index is 14.2. The maximum atomic E-state index is 14.2. The summed E-state index contributed by atoms with van der Waals surface area (Å²) < 4.78 is 7.37. The van der Waals surface area contributed by atoms with Crippen LogP contribution in [0.2, 0.25) is 0 Å². The number of hydrogen-bond donors (Lipinski definition) is 6. The molecule has 4 aromatic heterocycles. The van der Waals surface area contributed by atoms with Gasteiger partial charge in [0.05, 0.1) is 64.2 Å². The minimum absolute atomic E-state index is 0.00533. The van der Waals surface area contributed by atoms with Crippen LogP contribution >= 0.6 is 11.3 Å². The summed E-state index contributed by atoms with van der Waals surface area (Å²) in [5.74, 6) is 0.458. The Morgan fingerprint density at radius 3 is 2.25 bits per heavy atom. The second kappa shape index (κ2) is 25.6. The SMILES string of the molecule is CNC(=O)c1nnc(Nc2ccc(N3CCN(C(=O)CCCCCCC(=O)NC(C(=O)N4C[C@H](O)C[C@H]4C(=O)NC(C)c4ccc(-c5scnc5C)cc4)C(C)(C)C)CC3)cn2)cc1Nc1cccc(-c2ncn(C)n2)c1OC. The Labute approximate surface area is 464 Å². The number of nitrogens with one attached hydrogen (secondary N) is 5. The van der Waals surface area contributed by atoms with Gasteiger partial charge in [-0.2, -0.15) is 5.10 Å². The predicted octanol–water partition coefficient (Wildman–Crippen LogP) is 6.31. The predicted molar refractivity (Wildman–Crippen MR) is 302 cm³/mol. The fourth-order valence-corrected chi connectivity index (χ4v) is 10.6. The van der Waals surface area contributed by atoms with E-state index >= 15 is 0 Å². The summed E-state index contributed by atoms with van der Waals surface area (Å²) in [5.41, 5.74) is 6.63. The maximum Gasteiger partial charge on any atom is 0.273 e. The number of carbonyl (C=O) groups excluding carboxylic acids is 5. The second-order valence-corrected chi connectivity index (χ2v) is 21.9. The van der Waals surface area contributed by atoms with Gasteiger partial charge in [-0.15, -0.1) is 21.5 Å². The number of carbonyl (C=O) groups is 5. The molecule has 2 saturated heterocycles. The number of aryl methyl sites for hydroxylation is 2. The number of amides is 5. The van der Waals surface area contributed by atoms with Gasteiger partial charge >= 0.3 is 0 Å². The lowest BCUT2D eigenvalue weighted by molar-refractivity contribution is -0.144. The van der Waals surface area contributed by atoms with Gasteiger partial charge in [-0.05, 0) is 67.5 Å². The molecule has 2 aromatic carbocycles. The lowest BCUT2D eigenvalue weighted by Gasteiger charge is -2.36. The Morgan fingerprint density at radius 2 is 1.61 bits per heavy atom. The van der Waals surface area contributed by atoms with Gasteiger partial charge in [-0.3, -0.25) is 28.7 Å². The molecule has 6 aromatic rings. The smallest absolute Gasteiger partial charge is 0.273 e. The fraction of sp³-hybridized carbons (Fsp3) is 0.446. The number of ether oxygens (including phenoxy) is 1. The number of thiazole rings is 1. The molecular weight excluding hydrogens is 1030 g/mol. The molecule has 5 amide bonds. The number of pyridine rings is 1. The molecule has 22 nitrogen and oxygen atoms in total. The van der Waals surface area contributed by atoms with Gasteiger partial charge < -0.3 is 51.1 Å². The van der Waals surface area contributed by atoms with Crippen molar-refractivity contribution < 1.29 is 33.8 Å². The summed E-state index contributed by atoms with van der Waals surface area (Å²) in [5, 5.41) is 38.6. The number of methoxy groups -OCH3 is 1. The van der Waals surface area contributed by atoms with E-state index in [1.165, 1.54) is 11.9 Å². The third kappa shape index (κ3) is 14.2. The molecule has 8 rings (SSSR count). The average Bonchev–Trinajstić information content (AvgIpc) is 4.28. The first kappa shape index (κ1) is 57.1. The van der Waals surface area contributed by atoms with Crippen molar-refractivity contribution in [2.45, 2.75) is 104 Å². The molecule has 0 spiro atoms. The molecule has 2 aliphatic heterocycles. The van der Waals surface area contributed by atoms with Gasteiger partial charge in [0.25, 0.3) is 5.91 Å². The largest absolute Gasteiger partial charge is 0.494 e. The summed E-state index contributed by atoms with van der Waals surface area (Å²) in [6.45, 7) is 11.9. The van der Waals surface area contributed by atoms with Crippen molar-refractivity contribution in [3.63, 3.8) is 0 Å². The number of unbranched alkanes of at least 4 members (excludes halogenated alkanes) is 3. The van der Waals surface area contributed by atoms with Gasteiger partial charge in [0, 0.05) is 72.1 Å². The van der Waals surface area contributed by atoms with Crippen LogP contribution in [0, 0.1) is 12.3 Å². The van der Waals surface area contributed by atoms with Gasteiger partial charge in [0.2, 0.25) is 23.6 Å². The van der Waals surface area contributed by atoms with Crippen LogP contribution in [-0.2, 0) is 26.2 Å². The van der Waals surface area contributed by atoms with Gasteiger partial charge in [-0.25, -0.2) is 15.0 Å². The van der Waals surface area contributed by atoms with Crippen molar-refractivity contribution >= 4 is 69.6 Å². The minimum Gasteiger partial charge on any atom is -0.494 e. The Hall–Kier alpha value is -8.05. The molecule has 2 aliphatic rings. The molecule has 0 aliphatic carbocycles. The number of hydrogen-bond acceptors (Lipinski definition) is 17. The van der Waals surface area contributed by atoms with E-state index in [-0.39, 0.29) is 48.8 Å². The van der Waals surface area contributed by atoms with E-state index in [1.54, 1.807) is 48.8 Å². The first-order valence-electron chi connectivity index (χ1n) is 26.6. The summed E-state index contributed by atoms with van der Waals surface area (Å²) in [7, 11) is 4.85. The molecule has 79 heavy (non-hydrogen) atoms. The summed E-state index contributed by atoms with van der Waals surface area (Å²) in [6.07, 6.45) is 6.02. The van der Waals surface area contributed by atoms with E-state index in [0.29, 0.717) is 85.6 Å². The van der Waals surface area contributed by atoms with Crippen LogP contribution < -0.4 is 36.2 Å². The van der Waals surface area contributed by atoms with E-state index in [4.69, 9.17) is 4.74 Å². The number of piperazine rings is 1. The van der Waals surface area contributed by atoms with Gasteiger partial charge in [0.1, 0.15) is 24.2 Å². The number of para-hydroxylation sites is 1. The van der Waals surface area contributed by atoms with Crippen LogP contribution in [0.1, 0.15) is 100 Å². The highest BCUT2D eigenvalue weighted by Crippen LogP contribution is 2.38. The Balaban J connectivity index is 0.754. The molecule has 418 valence electrons. The lowest BCUT2D eigenvalue weighted by Crippen LogP contribution is -2.57. The standard InChI is InChI=1S/C56H71N15O7S/c1-34(36-18-20-37(21-19-36)50-35(2)60-33-79-50)61-53(75)43-28-39(72)31-71(43)55(77)51(56(3,4)5)64-46(73)16-11-9-10-12-17-47(74)70-26-24-69(25-27-70)38-22-23-44(58-30-38)63-45-29-42(48(66-65-45)54(76)57-6)62-41-15-13-14-40(49(41)78-8)52-59-32-68(7)67-52/h13-15,18-23,29-30,32-34,39,43,51,72H,9-12,16-17,24-28,31H2,1-8H3,(H,57,76)(H,61,75)(H,64,73)(H2,58,62,63,65)/t34?,39-,43+,51?/m1/s1. The van der Waals surface area contributed by atoms with E-state index in [1.807, 2.05) is 99.6 Å². The van der Waals surface area contributed by atoms with Crippen LogP contribution in [0.25, 0.3) is 21.8 Å². The third-order valence-corrected chi connectivity index (χ3v) is 15.1. The fourth-order valence-electron chi connectivity index (χ4n) is 9.79. The minimum atomic E-state index is -0.912. The first-order chi connectivity index (χ1) is 37.9. The zero-order valence-electron chi connectivity index (χ0n) is 46.1. The Bertz CT molecular complexity index is 3100.